The molecule has 1 aromatic rings. The highest BCUT2D eigenvalue weighted by Crippen LogP contribution is 2.50. The molecule has 0 spiro atoms. The summed E-state index contributed by atoms with van der Waals surface area (Å²) < 4.78 is 16.8. The van der Waals surface area contributed by atoms with E-state index < -0.39 is 0 Å². The number of ketones is 1. The molecule has 2 N–H and O–H groups in total. The number of carbonyl (C=O) groups excluding carboxylic acids is 1. The van der Waals surface area contributed by atoms with Crippen LogP contribution >= 0.6 is 11.8 Å². The molecule has 2 aliphatic carbocycles. The predicted octanol–water partition coefficient (Wildman–Crippen LogP) is 3.22. The summed E-state index contributed by atoms with van der Waals surface area (Å²) in [5.74, 6) is 1.92. The first-order chi connectivity index (χ1) is 12.5. The van der Waals surface area contributed by atoms with Gasteiger partial charge in [-0.2, -0.15) is 0 Å². The summed E-state index contributed by atoms with van der Waals surface area (Å²) in [4.78, 5) is 13.3. The Hall–Kier alpha value is -1.92. The minimum Gasteiger partial charge on any atom is -0.493 e. The third-order valence-corrected chi connectivity index (χ3v) is 5.96. The first kappa shape index (κ1) is 18.9. The minimum absolute atomic E-state index is 0.00847. The van der Waals surface area contributed by atoms with Gasteiger partial charge < -0.3 is 19.9 Å². The van der Waals surface area contributed by atoms with Crippen LogP contribution in [-0.2, 0) is 11.2 Å². The number of ether oxygens (including phenoxy) is 3. The van der Waals surface area contributed by atoms with Gasteiger partial charge in [0, 0.05) is 17.5 Å². The smallest absolute Gasteiger partial charge is 0.203 e. The van der Waals surface area contributed by atoms with E-state index in [9.17, 15) is 4.79 Å². The van der Waals surface area contributed by atoms with Crippen LogP contribution in [0.5, 0.6) is 17.2 Å². The van der Waals surface area contributed by atoms with Crippen LogP contribution in [0.2, 0.25) is 0 Å². The van der Waals surface area contributed by atoms with Crippen LogP contribution in [0.1, 0.15) is 29.9 Å². The van der Waals surface area contributed by atoms with Gasteiger partial charge in [0.25, 0.3) is 0 Å². The normalized spacial score (nSPS) is 22.3. The molecule has 0 aromatic heterocycles. The highest BCUT2D eigenvalue weighted by Gasteiger charge is 2.34. The van der Waals surface area contributed by atoms with Gasteiger partial charge in [-0.15, -0.1) is 11.8 Å². The largest absolute Gasteiger partial charge is 0.493 e. The van der Waals surface area contributed by atoms with Gasteiger partial charge in [0.05, 0.1) is 26.2 Å². The first-order valence-electron chi connectivity index (χ1n) is 8.62. The van der Waals surface area contributed by atoms with Gasteiger partial charge in [-0.05, 0) is 48.8 Å². The Bertz CT molecular complexity index is 785. The maximum absolute atomic E-state index is 12.6. The fraction of sp³-hybridized carbons (Fsp3) is 0.450. The number of rotatable bonds is 4. The van der Waals surface area contributed by atoms with Crippen molar-refractivity contribution < 1.29 is 19.0 Å². The molecule has 0 heterocycles. The van der Waals surface area contributed by atoms with E-state index in [1.54, 1.807) is 27.4 Å². The maximum Gasteiger partial charge on any atom is 0.203 e. The summed E-state index contributed by atoms with van der Waals surface area (Å²) in [5, 5.41) is 0. The van der Waals surface area contributed by atoms with Crippen molar-refractivity contribution in [2.45, 2.75) is 31.2 Å². The molecule has 0 radical (unpaired) electrons. The number of allylic oxidation sites excluding steroid dienone is 3. The molecular formula is C20H25NO4S. The van der Waals surface area contributed by atoms with Gasteiger partial charge >= 0.3 is 0 Å². The lowest BCUT2D eigenvalue weighted by molar-refractivity contribution is -0.110. The number of benzene rings is 1. The molecule has 26 heavy (non-hydrogen) atoms. The Kier molecular flexibility index (Phi) is 5.63. The Labute approximate surface area is 158 Å². The fourth-order valence-corrected chi connectivity index (χ4v) is 4.44. The van der Waals surface area contributed by atoms with Crippen LogP contribution in [0.25, 0.3) is 0 Å². The van der Waals surface area contributed by atoms with E-state index in [1.807, 2.05) is 18.4 Å². The van der Waals surface area contributed by atoms with Crippen molar-refractivity contribution in [1.82, 2.24) is 0 Å². The number of methoxy groups -OCH3 is 3. The standard InChI is InChI=1S/C20H25NO4S/c1-23-16-9-11-5-7-14(21)13-10-15(22)17(26-4)8-6-12(13)18(11)20(25-3)19(16)24-2/h8-10,12,14H,5-7,21H2,1-4H3/t12?,14-/m0/s1. The third-order valence-electron chi connectivity index (χ3n) is 5.16. The molecule has 1 unspecified atom stereocenters. The van der Waals surface area contributed by atoms with Crippen LogP contribution in [0.3, 0.4) is 0 Å². The van der Waals surface area contributed by atoms with Crippen molar-refractivity contribution in [3.05, 3.63) is 39.8 Å². The highest BCUT2D eigenvalue weighted by molar-refractivity contribution is 8.03. The second kappa shape index (κ2) is 7.76. The maximum atomic E-state index is 12.6. The van der Waals surface area contributed by atoms with E-state index in [4.69, 9.17) is 19.9 Å². The molecule has 1 aromatic carbocycles. The Morgan fingerprint density at radius 2 is 1.88 bits per heavy atom. The van der Waals surface area contributed by atoms with E-state index in [0.29, 0.717) is 23.7 Å². The molecule has 140 valence electrons. The molecule has 0 fully saturated rings. The lowest BCUT2D eigenvalue weighted by atomic mass is 9.84. The summed E-state index contributed by atoms with van der Waals surface area (Å²) in [7, 11) is 4.86. The number of fused-ring (bicyclic) bond motifs is 3. The van der Waals surface area contributed by atoms with Crippen molar-refractivity contribution in [3.8, 4) is 17.2 Å². The van der Waals surface area contributed by atoms with Crippen molar-refractivity contribution >= 4 is 17.5 Å². The molecule has 0 bridgehead atoms. The summed E-state index contributed by atoms with van der Waals surface area (Å²) in [6.45, 7) is 0. The van der Waals surface area contributed by atoms with Crippen LogP contribution in [0.15, 0.2) is 28.7 Å². The van der Waals surface area contributed by atoms with Gasteiger partial charge in [-0.1, -0.05) is 6.08 Å². The molecule has 2 aliphatic rings. The van der Waals surface area contributed by atoms with Crippen LogP contribution < -0.4 is 19.9 Å². The van der Waals surface area contributed by atoms with Gasteiger partial charge in [0.2, 0.25) is 5.75 Å². The monoisotopic (exact) mass is 375 g/mol. The SMILES string of the molecule is COc1cc2c(c(OC)c1OC)C1CC=C(SC)C(=O)C=C1[C@@H](N)CC2. The molecule has 3 rings (SSSR count). The number of aryl methyl sites for hydroxylation is 1. The van der Waals surface area contributed by atoms with Crippen molar-refractivity contribution in [3.63, 3.8) is 0 Å². The zero-order valence-corrected chi connectivity index (χ0v) is 16.4. The van der Waals surface area contributed by atoms with Crippen molar-refractivity contribution in [2.24, 2.45) is 5.73 Å². The van der Waals surface area contributed by atoms with E-state index in [-0.39, 0.29) is 17.7 Å². The summed E-state index contributed by atoms with van der Waals surface area (Å²) >= 11 is 1.47. The number of carbonyl (C=O) groups is 1. The Morgan fingerprint density at radius 3 is 2.50 bits per heavy atom. The zero-order valence-electron chi connectivity index (χ0n) is 15.6. The second-order valence-electron chi connectivity index (χ2n) is 6.43. The van der Waals surface area contributed by atoms with Crippen molar-refractivity contribution in [1.29, 1.82) is 0 Å². The topological polar surface area (TPSA) is 70.8 Å². The number of thioether (sulfide) groups is 1. The van der Waals surface area contributed by atoms with Gasteiger partial charge in [0.1, 0.15) is 0 Å². The van der Waals surface area contributed by atoms with E-state index >= 15 is 0 Å². The van der Waals surface area contributed by atoms with Crippen LogP contribution in [0, 0.1) is 0 Å². The summed E-state index contributed by atoms with van der Waals surface area (Å²) in [5.41, 5.74) is 9.63. The molecule has 0 saturated heterocycles. The van der Waals surface area contributed by atoms with Crippen LogP contribution in [0.4, 0.5) is 0 Å². The van der Waals surface area contributed by atoms with Crippen LogP contribution in [-0.4, -0.2) is 39.4 Å². The number of nitrogens with two attached hydrogens (primary N) is 1. The molecule has 0 aliphatic heterocycles. The van der Waals surface area contributed by atoms with E-state index in [2.05, 4.69) is 0 Å². The lowest BCUT2D eigenvalue weighted by Gasteiger charge is -2.25. The van der Waals surface area contributed by atoms with Crippen molar-refractivity contribution in [2.75, 3.05) is 27.6 Å². The number of hydrogen-bond acceptors (Lipinski definition) is 6. The van der Waals surface area contributed by atoms with E-state index in [0.717, 1.165) is 34.4 Å². The Balaban J connectivity index is 2.26. The Morgan fingerprint density at radius 1 is 1.15 bits per heavy atom. The van der Waals surface area contributed by atoms with Gasteiger partial charge in [-0.25, -0.2) is 0 Å². The first-order valence-corrected chi connectivity index (χ1v) is 9.85. The average molecular weight is 375 g/mol. The average Bonchev–Trinajstić information content (AvgIpc) is 2.89. The molecular weight excluding hydrogens is 350 g/mol. The highest BCUT2D eigenvalue weighted by atomic mass is 32.2. The zero-order chi connectivity index (χ0) is 18.8. The third kappa shape index (κ3) is 3.12. The molecule has 6 heteroatoms. The summed E-state index contributed by atoms with van der Waals surface area (Å²) in [6.07, 6.45) is 7.95. The fourth-order valence-electron chi connectivity index (χ4n) is 3.91. The molecule has 5 nitrogen and oxygen atoms in total. The number of hydrogen-bond donors (Lipinski definition) is 1. The molecule has 0 amide bonds. The van der Waals surface area contributed by atoms with E-state index in [1.165, 1.54) is 11.8 Å². The van der Waals surface area contributed by atoms with Gasteiger partial charge in [0.15, 0.2) is 17.3 Å². The lowest BCUT2D eigenvalue weighted by Crippen LogP contribution is -2.25. The van der Waals surface area contributed by atoms with Gasteiger partial charge in [-0.3, -0.25) is 4.79 Å². The molecule has 0 saturated carbocycles. The quantitative estimate of drug-likeness (QED) is 0.871. The second-order valence-corrected chi connectivity index (χ2v) is 7.28. The predicted molar refractivity (Wildman–Crippen MR) is 104 cm³/mol. The minimum atomic E-state index is -0.160. The molecule has 2 atom stereocenters. The summed E-state index contributed by atoms with van der Waals surface area (Å²) in [6, 6.07) is 1.85.